The van der Waals surface area contributed by atoms with Crippen LogP contribution in [0.2, 0.25) is 0 Å². The van der Waals surface area contributed by atoms with Gasteiger partial charge in [0.15, 0.2) is 0 Å². The van der Waals surface area contributed by atoms with Crippen molar-refractivity contribution in [2.45, 2.75) is 12.3 Å². The largest absolute Gasteiger partial charge is 0.294 e. The van der Waals surface area contributed by atoms with Gasteiger partial charge in [0.05, 0.1) is 22.2 Å². The van der Waals surface area contributed by atoms with Gasteiger partial charge in [0.25, 0.3) is 0 Å². The van der Waals surface area contributed by atoms with Crippen LogP contribution in [0.1, 0.15) is 40.3 Å². The van der Waals surface area contributed by atoms with E-state index in [0.29, 0.717) is 5.82 Å². The summed E-state index contributed by atoms with van der Waals surface area (Å²) in [5.74, 6) is 0.662. The average Bonchev–Trinajstić information content (AvgIpc) is 3.94. The van der Waals surface area contributed by atoms with E-state index in [1.54, 1.807) is 0 Å². The maximum atomic E-state index is 5.58. The lowest BCUT2D eigenvalue weighted by atomic mass is 9.69. The third kappa shape index (κ3) is 5.06. The quantitative estimate of drug-likeness (QED) is 0.150. The number of hydrogen-bond acceptors (Lipinski definition) is 1. The third-order valence-electron chi connectivity index (χ3n) is 13.1. The topological polar surface area (TPSA) is 17.3 Å². The van der Waals surface area contributed by atoms with Crippen molar-refractivity contribution in [3.8, 4) is 33.4 Å². The van der Waals surface area contributed by atoms with E-state index in [4.69, 9.17) is 11.6 Å². The number of nitrogens with zero attached hydrogens (tertiary/aromatic N) is 2. The average molecular weight is 777 g/mol. The van der Waals surface area contributed by atoms with E-state index in [-0.39, 0.29) is 0 Å². The van der Waals surface area contributed by atoms with Crippen LogP contribution in [0, 0.1) is 0 Å². The molecule has 0 unspecified atom stereocenters. The smallest absolute Gasteiger partial charge is 0.131 e. The van der Waals surface area contributed by atoms with Gasteiger partial charge in [0, 0.05) is 21.9 Å². The molecule has 0 fully saturated rings. The standard InChI is InChI=1S/C59H40N2/c1-38(40-20-6-3-7-21-40)36-53(42-24-10-5-11-25-42)60-39(2)61-54-33-19-16-30-49(54)56-47-29-13-12-28-46(47)55-48-35-34-43(41-22-8-4-9-23-41)37-52(48)59(57(55)58(56)61)50-31-17-14-26-44(50)45-27-15-18-32-51(45)59/h3-37H,2H2,1H3/b38-36+,60-53+. The van der Waals surface area contributed by atoms with Crippen LogP contribution in [0.4, 0.5) is 0 Å². The zero-order valence-corrected chi connectivity index (χ0v) is 33.8. The predicted molar refractivity (Wildman–Crippen MR) is 257 cm³/mol. The van der Waals surface area contributed by atoms with Crippen LogP contribution in [-0.2, 0) is 5.41 Å². The molecule has 286 valence electrons. The minimum absolute atomic E-state index is 0.632. The third-order valence-corrected chi connectivity index (χ3v) is 13.1. The minimum atomic E-state index is -0.632. The number of allylic oxidation sites excluding steroid dienone is 2. The fourth-order valence-electron chi connectivity index (χ4n) is 10.6. The van der Waals surface area contributed by atoms with Gasteiger partial charge in [0.1, 0.15) is 5.82 Å². The van der Waals surface area contributed by atoms with Crippen molar-refractivity contribution in [2.75, 3.05) is 0 Å². The summed E-state index contributed by atoms with van der Waals surface area (Å²) in [5.41, 5.74) is 18.4. The molecule has 0 bridgehead atoms. The lowest BCUT2D eigenvalue weighted by Gasteiger charge is -2.32. The summed E-state index contributed by atoms with van der Waals surface area (Å²) in [5, 5.41) is 4.87. The summed E-state index contributed by atoms with van der Waals surface area (Å²) in [4.78, 5) is 5.58. The Balaban J connectivity index is 1.25. The van der Waals surface area contributed by atoms with E-state index >= 15 is 0 Å². The van der Waals surface area contributed by atoms with Crippen molar-refractivity contribution in [3.63, 3.8) is 0 Å². The molecule has 12 rings (SSSR count). The summed E-state index contributed by atoms with van der Waals surface area (Å²) in [6, 6.07) is 75.0. The summed E-state index contributed by atoms with van der Waals surface area (Å²) in [6.45, 7) is 7.06. The molecule has 10 aromatic rings. The van der Waals surface area contributed by atoms with Gasteiger partial charge >= 0.3 is 0 Å². The van der Waals surface area contributed by atoms with Crippen molar-refractivity contribution in [2.24, 2.45) is 4.99 Å². The summed E-state index contributed by atoms with van der Waals surface area (Å²) in [6.07, 6.45) is 2.20. The zero-order chi connectivity index (χ0) is 40.7. The minimum Gasteiger partial charge on any atom is -0.294 e. The highest BCUT2D eigenvalue weighted by Crippen LogP contribution is 2.66. The Kier molecular flexibility index (Phi) is 7.85. The van der Waals surface area contributed by atoms with Gasteiger partial charge in [0.2, 0.25) is 0 Å². The number of fused-ring (bicyclic) bond motifs is 17. The molecule has 0 saturated heterocycles. The lowest BCUT2D eigenvalue weighted by molar-refractivity contribution is 0.798. The van der Waals surface area contributed by atoms with Crippen molar-refractivity contribution >= 4 is 49.7 Å². The van der Waals surface area contributed by atoms with Gasteiger partial charge in [-0.15, -0.1) is 0 Å². The molecule has 0 saturated carbocycles. The predicted octanol–water partition coefficient (Wildman–Crippen LogP) is 15.0. The van der Waals surface area contributed by atoms with E-state index in [9.17, 15) is 0 Å². The Morgan fingerprint density at radius 3 is 1.75 bits per heavy atom. The molecule has 61 heavy (non-hydrogen) atoms. The second-order valence-corrected chi connectivity index (χ2v) is 16.3. The van der Waals surface area contributed by atoms with Crippen molar-refractivity contribution in [1.82, 2.24) is 4.57 Å². The molecular weight excluding hydrogens is 737 g/mol. The highest BCUT2D eigenvalue weighted by molar-refractivity contribution is 6.28. The molecule has 0 amide bonds. The summed E-state index contributed by atoms with van der Waals surface area (Å²) >= 11 is 0. The Morgan fingerprint density at radius 1 is 0.508 bits per heavy atom. The van der Waals surface area contributed by atoms with Crippen LogP contribution >= 0.6 is 0 Å². The maximum Gasteiger partial charge on any atom is 0.131 e. The number of hydrogen-bond donors (Lipinski definition) is 0. The second kappa shape index (κ2) is 13.6. The second-order valence-electron chi connectivity index (χ2n) is 16.3. The van der Waals surface area contributed by atoms with E-state index in [1.807, 2.05) is 0 Å². The fourth-order valence-corrected chi connectivity index (χ4v) is 10.6. The summed E-state index contributed by atoms with van der Waals surface area (Å²) < 4.78 is 2.37. The van der Waals surface area contributed by atoms with Gasteiger partial charge in [-0.05, 0) is 97.1 Å². The van der Waals surface area contributed by atoms with Crippen LogP contribution in [-0.4, -0.2) is 10.3 Å². The first-order valence-corrected chi connectivity index (χ1v) is 21.1. The number of aromatic nitrogens is 1. The van der Waals surface area contributed by atoms with Gasteiger partial charge < -0.3 is 0 Å². The molecule has 0 aliphatic heterocycles. The van der Waals surface area contributed by atoms with E-state index in [1.165, 1.54) is 77.2 Å². The molecule has 0 N–H and O–H groups in total. The highest BCUT2D eigenvalue weighted by atomic mass is 15.1. The van der Waals surface area contributed by atoms with Gasteiger partial charge in [-0.2, -0.15) is 0 Å². The molecule has 1 aromatic heterocycles. The number of para-hydroxylation sites is 1. The molecule has 9 aromatic carbocycles. The molecular formula is C59H40N2. The van der Waals surface area contributed by atoms with E-state index in [0.717, 1.165) is 33.4 Å². The SMILES string of the molecule is C=C(/N=C(\C=C(/C)c1ccccc1)c1ccccc1)n1c2ccccc2c2c3ccccc3c3c(c21)C1(c2ccccc2-c2ccccc21)c1cc(-c2ccccc2)ccc1-3. The van der Waals surface area contributed by atoms with Gasteiger partial charge in [-0.1, -0.05) is 201 Å². The summed E-state index contributed by atoms with van der Waals surface area (Å²) in [7, 11) is 0. The maximum absolute atomic E-state index is 5.58. The van der Waals surface area contributed by atoms with Crippen molar-refractivity contribution in [3.05, 3.63) is 252 Å². The van der Waals surface area contributed by atoms with Crippen molar-refractivity contribution in [1.29, 1.82) is 0 Å². The number of aliphatic imine (C=N–C) groups is 1. The van der Waals surface area contributed by atoms with Gasteiger partial charge in [-0.3, -0.25) is 4.57 Å². The van der Waals surface area contributed by atoms with Crippen LogP contribution < -0.4 is 0 Å². The molecule has 2 nitrogen and oxygen atoms in total. The molecule has 2 aliphatic rings. The fraction of sp³-hybridized carbons (Fsp3) is 0.0339. The lowest BCUT2D eigenvalue weighted by Crippen LogP contribution is -2.27. The van der Waals surface area contributed by atoms with Gasteiger partial charge in [-0.25, -0.2) is 4.99 Å². The van der Waals surface area contributed by atoms with Crippen LogP contribution in [0.5, 0.6) is 0 Å². The highest BCUT2D eigenvalue weighted by Gasteiger charge is 2.54. The first-order valence-electron chi connectivity index (χ1n) is 21.1. The Morgan fingerprint density at radius 2 is 1.07 bits per heavy atom. The normalized spacial score (nSPS) is 13.7. The zero-order valence-electron chi connectivity index (χ0n) is 33.8. The first-order chi connectivity index (χ1) is 30.1. The molecule has 2 aliphatic carbocycles. The van der Waals surface area contributed by atoms with E-state index in [2.05, 4.69) is 224 Å². The Labute approximate surface area is 355 Å². The molecule has 0 radical (unpaired) electrons. The number of rotatable bonds is 6. The molecule has 1 spiro atoms. The molecule has 0 atom stereocenters. The van der Waals surface area contributed by atoms with Crippen LogP contribution in [0.3, 0.4) is 0 Å². The number of benzene rings is 9. The molecule has 1 heterocycles. The van der Waals surface area contributed by atoms with Crippen molar-refractivity contribution < 1.29 is 0 Å². The molecule has 2 heteroatoms. The monoisotopic (exact) mass is 776 g/mol. The van der Waals surface area contributed by atoms with Crippen LogP contribution in [0.25, 0.3) is 77.4 Å². The van der Waals surface area contributed by atoms with Crippen LogP contribution in [0.15, 0.2) is 224 Å². The Bertz CT molecular complexity index is 3430. The first kappa shape index (κ1) is 35.2. The Hall–Kier alpha value is -7.81. The van der Waals surface area contributed by atoms with E-state index < -0.39 is 5.41 Å².